The number of aromatic nitrogens is 1. The van der Waals surface area contributed by atoms with Crippen molar-refractivity contribution in [3.63, 3.8) is 0 Å². The Labute approximate surface area is 123 Å². The molecule has 108 valence electrons. The van der Waals surface area contributed by atoms with Crippen molar-refractivity contribution >= 4 is 11.8 Å². The fourth-order valence-electron chi connectivity index (χ4n) is 2.06. The first-order valence-electron chi connectivity index (χ1n) is 6.78. The summed E-state index contributed by atoms with van der Waals surface area (Å²) in [5.74, 6) is -1.18. The highest BCUT2D eigenvalue weighted by molar-refractivity contribution is 6.06. The number of carbonyl (C=O) groups is 2. The molecule has 4 nitrogen and oxygen atoms in total. The van der Waals surface area contributed by atoms with Crippen molar-refractivity contribution in [2.75, 3.05) is 0 Å². The fourth-order valence-corrected chi connectivity index (χ4v) is 2.06. The molecule has 0 bridgehead atoms. The van der Waals surface area contributed by atoms with E-state index in [1.807, 2.05) is 18.2 Å². The summed E-state index contributed by atoms with van der Waals surface area (Å²) in [5, 5.41) is 8.70. The first-order valence-corrected chi connectivity index (χ1v) is 6.78. The molecule has 0 aliphatic heterocycles. The van der Waals surface area contributed by atoms with Crippen LogP contribution in [0.2, 0.25) is 0 Å². The van der Waals surface area contributed by atoms with Crippen LogP contribution in [0, 0.1) is 0 Å². The van der Waals surface area contributed by atoms with Crippen LogP contribution in [0.25, 0.3) is 11.1 Å². The number of rotatable bonds is 5. The maximum atomic E-state index is 11.8. The fraction of sp³-hybridized carbons (Fsp3) is 0.235. The molecule has 0 aliphatic carbocycles. The van der Waals surface area contributed by atoms with Crippen LogP contribution in [0.3, 0.4) is 0 Å². The smallest absolute Gasteiger partial charge is 0.311 e. The molecule has 0 unspecified atom stereocenters. The van der Waals surface area contributed by atoms with Crippen LogP contribution < -0.4 is 0 Å². The van der Waals surface area contributed by atoms with Crippen LogP contribution in [0.1, 0.15) is 42.2 Å². The van der Waals surface area contributed by atoms with Crippen LogP contribution in [0.5, 0.6) is 0 Å². The number of pyridine rings is 1. The highest BCUT2D eigenvalue weighted by Crippen LogP contribution is 2.23. The van der Waals surface area contributed by atoms with Crippen molar-refractivity contribution in [1.82, 2.24) is 4.98 Å². The van der Waals surface area contributed by atoms with E-state index >= 15 is 0 Å². The van der Waals surface area contributed by atoms with Crippen LogP contribution in [0.4, 0.5) is 0 Å². The molecule has 0 saturated carbocycles. The molecule has 2 aromatic rings. The van der Waals surface area contributed by atoms with Gasteiger partial charge in [0.2, 0.25) is 0 Å². The van der Waals surface area contributed by atoms with E-state index in [1.165, 1.54) is 0 Å². The Kier molecular flexibility index (Phi) is 4.48. The maximum absolute atomic E-state index is 11.8. The number of carbonyl (C=O) groups excluding carboxylic acids is 1. The maximum Gasteiger partial charge on any atom is 0.311 e. The average Bonchev–Trinajstić information content (AvgIpc) is 2.47. The first kappa shape index (κ1) is 14.9. The summed E-state index contributed by atoms with van der Waals surface area (Å²) >= 11 is 0. The molecule has 0 atom stereocenters. The number of Topliss-reactive ketones (excluding diaryl/α,β-unsaturated/α-hetero) is 1. The van der Waals surface area contributed by atoms with E-state index in [0.717, 1.165) is 16.8 Å². The van der Waals surface area contributed by atoms with Gasteiger partial charge in [0.1, 0.15) is 6.42 Å². The van der Waals surface area contributed by atoms with E-state index in [9.17, 15) is 9.59 Å². The second kappa shape index (κ2) is 6.31. The molecule has 1 aromatic heterocycles. The molecule has 21 heavy (non-hydrogen) atoms. The molecule has 2 rings (SSSR count). The van der Waals surface area contributed by atoms with Crippen molar-refractivity contribution in [2.24, 2.45) is 0 Å². The summed E-state index contributed by atoms with van der Waals surface area (Å²) in [5.41, 5.74) is 3.25. The Morgan fingerprint density at radius 2 is 1.86 bits per heavy atom. The molecule has 1 heterocycles. The molecule has 0 amide bonds. The van der Waals surface area contributed by atoms with Gasteiger partial charge in [-0.15, -0.1) is 0 Å². The molecule has 4 heteroatoms. The van der Waals surface area contributed by atoms with Gasteiger partial charge in [-0.2, -0.15) is 0 Å². The van der Waals surface area contributed by atoms with Crippen molar-refractivity contribution in [3.05, 3.63) is 53.9 Å². The van der Waals surface area contributed by atoms with Crippen LogP contribution >= 0.6 is 0 Å². The predicted octanol–water partition coefficient (Wildman–Crippen LogP) is 3.53. The minimum Gasteiger partial charge on any atom is -0.481 e. The van der Waals surface area contributed by atoms with Crippen LogP contribution in [-0.4, -0.2) is 21.8 Å². The van der Waals surface area contributed by atoms with E-state index in [4.69, 9.17) is 5.11 Å². The molecule has 0 fully saturated rings. The van der Waals surface area contributed by atoms with E-state index in [-0.39, 0.29) is 5.78 Å². The normalized spacial score (nSPS) is 10.6. The minimum atomic E-state index is -1.11. The molecule has 1 N–H and O–H groups in total. The van der Waals surface area contributed by atoms with Gasteiger partial charge in [-0.25, -0.2) is 0 Å². The number of benzene rings is 1. The second-order valence-corrected chi connectivity index (χ2v) is 5.20. The molecular formula is C17H17NO3. The minimum absolute atomic E-state index is 0.321. The molecule has 0 spiro atoms. The van der Waals surface area contributed by atoms with Gasteiger partial charge in [0.25, 0.3) is 0 Å². The monoisotopic (exact) mass is 283 g/mol. The summed E-state index contributed by atoms with van der Waals surface area (Å²) in [6.45, 7) is 4.14. The number of hydrogen-bond donors (Lipinski definition) is 1. The summed E-state index contributed by atoms with van der Waals surface area (Å²) < 4.78 is 0. The molecule has 0 saturated heterocycles. The Morgan fingerprint density at radius 3 is 2.52 bits per heavy atom. The molecule has 1 aromatic carbocycles. The number of nitrogens with zero attached hydrogens (tertiary/aromatic N) is 1. The van der Waals surface area contributed by atoms with Gasteiger partial charge in [0, 0.05) is 17.5 Å². The third-order valence-electron chi connectivity index (χ3n) is 3.20. The lowest BCUT2D eigenvalue weighted by molar-refractivity contribution is -0.135. The van der Waals surface area contributed by atoms with E-state index in [0.29, 0.717) is 11.5 Å². The van der Waals surface area contributed by atoms with E-state index < -0.39 is 12.4 Å². The van der Waals surface area contributed by atoms with Gasteiger partial charge >= 0.3 is 5.97 Å². The SMILES string of the molecule is CC(C)c1cc(-c2cccc(C(=O)CC(=O)O)c2)ccn1. The van der Waals surface area contributed by atoms with Crippen molar-refractivity contribution < 1.29 is 14.7 Å². The molecule has 0 aliphatic rings. The topological polar surface area (TPSA) is 67.3 Å². The van der Waals surface area contributed by atoms with Gasteiger partial charge in [0.05, 0.1) is 0 Å². The van der Waals surface area contributed by atoms with Gasteiger partial charge in [0.15, 0.2) is 5.78 Å². The highest BCUT2D eigenvalue weighted by atomic mass is 16.4. The van der Waals surface area contributed by atoms with Crippen molar-refractivity contribution in [1.29, 1.82) is 0 Å². The number of hydrogen-bond acceptors (Lipinski definition) is 3. The highest BCUT2D eigenvalue weighted by Gasteiger charge is 2.11. The predicted molar refractivity (Wildman–Crippen MR) is 80.3 cm³/mol. The third kappa shape index (κ3) is 3.75. The lowest BCUT2D eigenvalue weighted by atomic mass is 9.99. The van der Waals surface area contributed by atoms with Gasteiger partial charge in [-0.3, -0.25) is 14.6 Å². The average molecular weight is 283 g/mol. The second-order valence-electron chi connectivity index (χ2n) is 5.20. The Balaban J connectivity index is 2.35. The van der Waals surface area contributed by atoms with Crippen molar-refractivity contribution in [2.45, 2.75) is 26.2 Å². The van der Waals surface area contributed by atoms with E-state index in [1.54, 1.807) is 24.4 Å². The van der Waals surface area contributed by atoms with E-state index in [2.05, 4.69) is 18.8 Å². The van der Waals surface area contributed by atoms with Gasteiger partial charge < -0.3 is 5.11 Å². The molecule has 0 radical (unpaired) electrons. The zero-order valence-corrected chi connectivity index (χ0v) is 12.0. The van der Waals surface area contributed by atoms with Gasteiger partial charge in [-0.1, -0.05) is 32.0 Å². The molecular weight excluding hydrogens is 266 g/mol. The Bertz CT molecular complexity index is 677. The summed E-state index contributed by atoms with van der Waals surface area (Å²) in [4.78, 5) is 26.8. The number of carboxylic acids is 1. The first-order chi connectivity index (χ1) is 9.97. The summed E-state index contributed by atoms with van der Waals surface area (Å²) in [6.07, 6.45) is 1.26. The zero-order chi connectivity index (χ0) is 15.4. The van der Waals surface area contributed by atoms with Gasteiger partial charge in [-0.05, 0) is 35.2 Å². The Hall–Kier alpha value is -2.49. The Morgan fingerprint density at radius 1 is 1.14 bits per heavy atom. The summed E-state index contributed by atoms with van der Waals surface area (Å²) in [6, 6.07) is 10.9. The quantitative estimate of drug-likeness (QED) is 0.673. The lowest BCUT2D eigenvalue weighted by Gasteiger charge is -2.08. The number of aliphatic carboxylic acids is 1. The zero-order valence-electron chi connectivity index (χ0n) is 12.0. The number of carboxylic acid groups (broad SMARTS) is 1. The van der Waals surface area contributed by atoms with Crippen LogP contribution in [-0.2, 0) is 4.79 Å². The van der Waals surface area contributed by atoms with Crippen LogP contribution in [0.15, 0.2) is 42.6 Å². The summed E-state index contributed by atoms with van der Waals surface area (Å²) in [7, 11) is 0. The standard InChI is InChI=1S/C17H17NO3/c1-11(2)15-9-13(6-7-18-15)12-4-3-5-14(8-12)16(19)10-17(20)21/h3-9,11H,10H2,1-2H3,(H,20,21). The number of ketones is 1. The largest absolute Gasteiger partial charge is 0.481 e. The lowest BCUT2D eigenvalue weighted by Crippen LogP contribution is -2.06. The van der Waals surface area contributed by atoms with Crippen molar-refractivity contribution in [3.8, 4) is 11.1 Å². The third-order valence-corrected chi connectivity index (χ3v) is 3.20.